The standard InChI is InChI=1S/C21H21N5O2/c1-14-13-26-19(27)10-15(2)23-21(26)24-20(14)25-8-6-17(7-9-25)28-18-5-3-4-16(11-18)12-22/h3-5,10-11,13,17H,6-9H2,1-2H3. The Hall–Kier alpha value is -3.40. The van der Waals surface area contributed by atoms with Gasteiger partial charge in [-0.1, -0.05) is 6.07 Å². The normalized spacial score (nSPS) is 14.8. The maximum Gasteiger partial charge on any atom is 0.259 e. The van der Waals surface area contributed by atoms with E-state index in [4.69, 9.17) is 10.00 Å². The fourth-order valence-electron chi connectivity index (χ4n) is 3.56. The Morgan fingerprint density at radius 2 is 1.96 bits per heavy atom. The fourth-order valence-corrected chi connectivity index (χ4v) is 3.56. The SMILES string of the molecule is Cc1cc(=O)n2cc(C)c(N3CCC(Oc4cccc(C#N)c4)CC3)nc2n1. The van der Waals surface area contributed by atoms with Gasteiger partial charge in [0.2, 0.25) is 5.78 Å². The average molecular weight is 375 g/mol. The van der Waals surface area contributed by atoms with Crippen LogP contribution < -0.4 is 15.2 Å². The third-order valence-electron chi connectivity index (χ3n) is 4.95. The molecular formula is C21H21N5O2. The molecule has 1 aliphatic heterocycles. The minimum Gasteiger partial charge on any atom is -0.490 e. The zero-order chi connectivity index (χ0) is 19.7. The van der Waals surface area contributed by atoms with Crippen molar-refractivity contribution < 1.29 is 4.74 Å². The third kappa shape index (κ3) is 3.54. The van der Waals surface area contributed by atoms with Gasteiger partial charge in [-0.05, 0) is 32.0 Å². The predicted octanol–water partition coefficient (Wildman–Crippen LogP) is 2.63. The number of ether oxygens (including phenoxy) is 1. The molecule has 0 spiro atoms. The van der Waals surface area contributed by atoms with E-state index in [0.29, 0.717) is 17.0 Å². The van der Waals surface area contributed by atoms with Crippen molar-refractivity contribution in [3.05, 3.63) is 63.7 Å². The van der Waals surface area contributed by atoms with Crippen LogP contribution in [0.2, 0.25) is 0 Å². The molecule has 142 valence electrons. The monoisotopic (exact) mass is 375 g/mol. The number of hydrogen-bond donors (Lipinski definition) is 0. The van der Waals surface area contributed by atoms with Crippen molar-refractivity contribution in [2.75, 3.05) is 18.0 Å². The minimum absolute atomic E-state index is 0.106. The van der Waals surface area contributed by atoms with Crippen molar-refractivity contribution in [1.82, 2.24) is 14.4 Å². The molecule has 0 bridgehead atoms. The molecule has 1 fully saturated rings. The van der Waals surface area contributed by atoms with E-state index < -0.39 is 0 Å². The summed E-state index contributed by atoms with van der Waals surface area (Å²) in [6, 6.07) is 10.9. The Kier molecular flexibility index (Phi) is 4.70. The van der Waals surface area contributed by atoms with Gasteiger partial charge in [0, 0.05) is 49.5 Å². The highest BCUT2D eigenvalue weighted by atomic mass is 16.5. The number of fused-ring (bicyclic) bond motifs is 1. The van der Waals surface area contributed by atoms with Crippen molar-refractivity contribution in [3.8, 4) is 11.8 Å². The molecule has 0 radical (unpaired) electrons. The van der Waals surface area contributed by atoms with Crippen molar-refractivity contribution in [2.24, 2.45) is 0 Å². The van der Waals surface area contributed by atoms with Gasteiger partial charge in [-0.15, -0.1) is 0 Å². The number of hydrogen-bond acceptors (Lipinski definition) is 6. The Balaban J connectivity index is 1.50. The van der Waals surface area contributed by atoms with Crippen molar-refractivity contribution in [1.29, 1.82) is 5.26 Å². The molecular weight excluding hydrogens is 354 g/mol. The lowest BCUT2D eigenvalue weighted by atomic mass is 10.1. The molecule has 0 N–H and O–H groups in total. The molecule has 7 nitrogen and oxygen atoms in total. The number of nitriles is 1. The molecule has 0 aliphatic carbocycles. The molecule has 1 saturated heterocycles. The predicted molar refractivity (Wildman–Crippen MR) is 106 cm³/mol. The van der Waals surface area contributed by atoms with Crippen LogP contribution in [0, 0.1) is 25.2 Å². The van der Waals surface area contributed by atoms with Crippen LogP contribution in [-0.4, -0.2) is 33.6 Å². The van der Waals surface area contributed by atoms with Crippen LogP contribution in [0.5, 0.6) is 5.75 Å². The molecule has 1 aromatic carbocycles. The summed E-state index contributed by atoms with van der Waals surface area (Å²) in [5.41, 5.74) is 2.10. The number of nitrogens with zero attached hydrogens (tertiary/aromatic N) is 5. The van der Waals surface area contributed by atoms with Gasteiger partial charge in [0.1, 0.15) is 17.7 Å². The minimum atomic E-state index is -0.114. The molecule has 0 amide bonds. The molecule has 2 aromatic heterocycles. The van der Waals surface area contributed by atoms with Gasteiger partial charge in [0.05, 0.1) is 11.6 Å². The van der Waals surface area contributed by atoms with E-state index in [0.717, 1.165) is 43.1 Å². The summed E-state index contributed by atoms with van der Waals surface area (Å²) >= 11 is 0. The Morgan fingerprint density at radius 3 is 2.71 bits per heavy atom. The van der Waals surface area contributed by atoms with E-state index in [-0.39, 0.29) is 11.7 Å². The number of benzene rings is 1. The maximum absolute atomic E-state index is 12.1. The van der Waals surface area contributed by atoms with Gasteiger partial charge >= 0.3 is 0 Å². The smallest absolute Gasteiger partial charge is 0.259 e. The third-order valence-corrected chi connectivity index (χ3v) is 4.95. The highest BCUT2D eigenvalue weighted by molar-refractivity contribution is 5.51. The second kappa shape index (κ2) is 7.31. The molecule has 0 saturated carbocycles. The van der Waals surface area contributed by atoms with Gasteiger partial charge in [-0.3, -0.25) is 9.20 Å². The van der Waals surface area contributed by atoms with Crippen LogP contribution in [0.1, 0.15) is 29.7 Å². The quantitative estimate of drug-likeness (QED) is 0.700. The summed E-state index contributed by atoms with van der Waals surface area (Å²) in [7, 11) is 0. The molecule has 3 aromatic rings. The van der Waals surface area contributed by atoms with Gasteiger partial charge in [0.25, 0.3) is 5.56 Å². The van der Waals surface area contributed by atoms with Crippen LogP contribution in [0.25, 0.3) is 5.78 Å². The summed E-state index contributed by atoms with van der Waals surface area (Å²) in [5.74, 6) is 2.02. The van der Waals surface area contributed by atoms with E-state index in [9.17, 15) is 4.79 Å². The lowest BCUT2D eigenvalue weighted by molar-refractivity contribution is 0.170. The number of anilines is 1. The Morgan fingerprint density at radius 1 is 1.18 bits per heavy atom. The van der Waals surface area contributed by atoms with Crippen LogP contribution in [0.3, 0.4) is 0 Å². The second-order valence-corrected chi connectivity index (χ2v) is 7.10. The van der Waals surface area contributed by atoms with Crippen LogP contribution in [0.4, 0.5) is 5.82 Å². The molecule has 0 unspecified atom stereocenters. The largest absolute Gasteiger partial charge is 0.490 e. The molecule has 28 heavy (non-hydrogen) atoms. The fraction of sp³-hybridized carbons (Fsp3) is 0.333. The summed E-state index contributed by atoms with van der Waals surface area (Å²) < 4.78 is 7.55. The first-order valence-corrected chi connectivity index (χ1v) is 9.33. The lowest BCUT2D eigenvalue weighted by Gasteiger charge is -2.33. The van der Waals surface area contributed by atoms with Gasteiger partial charge in [0.15, 0.2) is 0 Å². The summed E-state index contributed by atoms with van der Waals surface area (Å²) in [6.45, 7) is 5.38. The van der Waals surface area contributed by atoms with Crippen LogP contribution in [0.15, 0.2) is 41.3 Å². The van der Waals surface area contributed by atoms with Crippen molar-refractivity contribution in [3.63, 3.8) is 0 Å². The molecule has 1 aliphatic rings. The highest BCUT2D eigenvalue weighted by Crippen LogP contribution is 2.25. The first kappa shape index (κ1) is 18.0. The van der Waals surface area contributed by atoms with Crippen molar-refractivity contribution >= 4 is 11.6 Å². The summed E-state index contributed by atoms with van der Waals surface area (Å²) in [4.78, 5) is 23.4. The van der Waals surface area contributed by atoms with E-state index in [1.807, 2.05) is 25.3 Å². The number of rotatable bonds is 3. The molecule has 3 heterocycles. The first-order valence-electron chi connectivity index (χ1n) is 9.33. The average Bonchev–Trinajstić information content (AvgIpc) is 2.69. The molecule has 0 atom stereocenters. The zero-order valence-corrected chi connectivity index (χ0v) is 15.9. The van der Waals surface area contributed by atoms with Gasteiger partial charge in [-0.2, -0.15) is 10.2 Å². The summed E-state index contributed by atoms with van der Waals surface area (Å²) in [5, 5.41) is 9.02. The van der Waals surface area contributed by atoms with Crippen LogP contribution in [-0.2, 0) is 0 Å². The number of piperidine rings is 1. The maximum atomic E-state index is 12.1. The van der Waals surface area contributed by atoms with Crippen molar-refractivity contribution in [2.45, 2.75) is 32.8 Å². The number of aryl methyl sites for hydroxylation is 2. The van der Waals surface area contributed by atoms with Gasteiger partial charge < -0.3 is 9.64 Å². The lowest BCUT2D eigenvalue weighted by Crippen LogP contribution is -2.39. The molecule has 4 rings (SSSR count). The van der Waals surface area contributed by atoms with E-state index in [2.05, 4.69) is 20.9 Å². The Labute approximate surface area is 162 Å². The van der Waals surface area contributed by atoms with E-state index in [1.54, 1.807) is 19.1 Å². The Bertz CT molecular complexity index is 1120. The number of aromatic nitrogens is 3. The summed E-state index contributed by atoms with van der Waals surface area (Å²) in [6.07, 6.45) is 3.63. The molecule has 7 heteroatoms. The van der Waals surface area contributed by atoms with Gasteiger partial charge in [-0.25, -0.2) is 4.98 Å². The van der Waals surface area contributed by atoms with E-state index >= 15 is 0 Å². The topological polar surface area (TPSA) is 83.5 Å². The highest BCUT2D eigenvalue weighted by Gasteiger charge is 2.23. The van der Waals surface area contributed by atoms with Crippen LogP contribution >= 0.6 is 0 Å². The first-order chi connectivity index (χ1) is 13.5. The second-order valence-electron chi connectivity index (χ2n) is 7.10. The zero-order valence-electron chi connectivity index (χ0n) is 15.9. The van der Waals surface area contributed by atoms with E-state index in [1.165, 1.54) is 10.5 Å².